The molecule has 25 heavy (non-hydrogen) atoms. The Morgan fingerprint density at radius 3 is 2.96 bits per heavy atom. The predicted molar refractivity (Wildman–Crippen MR) is 93.8 cm³/mol. The second kappa shape index (κ2) is 7.03. The van der Waals surface area contributed by atoms with Crippen LogP contribution in [0.5, 0.6) is 0 Å². The van der Waals surface area contributed by atoms with E-state index in [0.29, 0.717) is 16.4 Å². The number of hydrogen-bond donors (Lipinski definition) is 1. The maximum Gasteiger partial charge on any atom is 0.271 e. The van der Waals surface area contributed by atoms with Gasteiger partial charge in [-0.3, -0.25) is 19.6 Å². The van der Waals surface area contributed by atoms with Crippen LogP contribution in [0.3, 0.4) is 0 Å². The molecule has 0 unspecified atom stereocenters. The number of aromatic nitrogens is 4. The van der Waals surface area contributed by atoms with Crippen molar-refractivity contribution in [2.75, 3.05) is 11.1 Å². The summed E-state index contributed by atoms with van der Waals surface area (Å²) >= 11 is 7.19. The molecule has 9 nitrogen and oxygen atoms in total. The van der Waals surface area contributed by atoms with Gasteiger partial charge in [0.05, 0.1) is 33.0 Å². The molecule has 0 aliphatic carbocycles. The highest BCUT2D eigenvalue weighted by atomic mass is 35.5. The number of non-ortho nitro benzene ring substituents is 1. The third kappa shape index (κ3) is 3.69. The number of halogens is 1. The van der Waals surface area contributed by atoms with Gasteiger partial charge in [0.1, 0.15) is 11.4 Å². The Labute approximate surface area is 150 Å². The van der Waals surface area contributed by atoms with E-state index in [4.69, 9.17) is 11.6 Å². The molecule has 0 atom stereocenters. The molecule has 0 bridgehead atoms. The van der Waals surface area contributed by atoms with Crippen molar-refractivity contribution in [2.24, 2.45) is 7.05 Å². The molecule has 0 spiro atoms. The Morgan fingerprint density at radius 1 is 1.44 bits per heavy atom. The van der Waals surface area contributed by atoms with Crippen molar-refractivity contribution >= 4 is 51.7 Å². The Balaban J connectivity index is 1.68. The number of nitro groups is 1. The average molecular weight is 379 g/mol. The summed E-state index contributed by atoms with van der Waals surface area (Å²) in [6.07, 6.45) is 3.06. The first-order chi connectivity index (χ1) is 12.0. The third-order valence-corrected chi connectivity index (χ3v) is 4.59. The second-order valence-electron chi connectivity index (χ2n) is 4.94. The number of nitrogens with one attached hydrogen (secondary N) is 1. The molecule has 0 fully saturated rings. The van der Waals surface area contributed by atoms with Crippen molar-refractivity contribution in [3.63, 3.8) is 0 Å². The summed E-state index contributed by atoms with van der Waals surface area (Å²) in [5, 5.41) is 18.9. The average Bonchev–Trinajstić information content (AvgIpc) is 2.96. The maximum absolute atomic E-state index is 12.1. The Kier molecular flexibility index (Phi) is 4.81. The number of nitro benzene ring substituents is 1. The number of rotatable bonds is 5. The molecule has 0 aliphatic heterocycles. The fourth-order valence-electron chi connectivity index (χ4n) is 2.09. The lowest BCUT2D eigenvalue weighted by Crippen LogP contribution is -2.14. The van der Waals surface area contributed by atoms with E-state index in [9.17, 15) is 14.9 Å². The molecule has 0 aliphatic rings. The van der Waals surface area contributed by atoms with Gasteiger partial charge in [0.2, 0.25) is 5.91 Å². The summed E-state index contributed by atoms with van der Waals surface area (Å²) in [4.78, 5) is 30.5. The highest BCUT2D eigenvalue weighted by molar-refractivity contribution is 8.00. The van der Waals surface area contributed by atoms with Crippen LogP contribution in [0.4, 0.5) is 11.4 Å². The van der Waals surface area contributed by atoms with Gasteiger partial charge in [-0.1, -0.05) is 23.4 Å². The molecule has 3 rings (SSSR count). The van der Waals surface area contributed by atoms with E-state index in [1.54, 1.807) is 17.9 Å². The monoisotopic (exact) mass is 378 g/mol. The molecule has 128 valence electrons. The molecular weight excluding hydrogens is 368 g/mol. The topological polar surface area (TPSA) is 116 Å². The Bertz CT molecular complexity index is 976. The smallest absolute Gasteiger partial charge is 0.271 e. The number of aryl methyl sites for hydroxylation is 1. The van der Waals surface area contributed by atoms with E-state index in [1.807, 2.05) is 0 Å². The zero-order valence-corrected chi connectivity index (χ0v) is 14.4. The fourth-order valence-corrected chi connectivity index (χ4v) is 3.08. The van der Waals surface area contributed by atoms with E-state index in [0.717, 1.165) is 5.39 Å². The zero-order valence-electron chi connectivity index (χ0n) is 12.8. The lowest BCUT2D eigenvalue weighted by Gasteiger charge is -2.07. The van der Waals surface area contributed by atoms with E-state index in [-0.39, 0.29) is 22.4 Å². The summed E-state index contributed by atoms with van der Waals surface area (Å²) in [6, 6.07) is 3.86. The Hall–Kier alpha value is -2.72. The molecule has 0 radical (unpaired) electrons. The molecule has 2 heterocycles. The minimum absolute atomic E-state index is 0.0916. The number of hydrogen-bond acceptors (Lipinski definition) is 7. The quantitative estimate of drug-likeness (QED) is 0.314. The zero-order chi connectivity index (χ0) is 18.0. The molecule has 1 aromatic carbocycles. The van der Waals surface area contributed by atoms with Crippen LogP contribution in [0.15, 0.2) is 35.7 Å². The van der Waals surface area contributed by atoms with Crippen molar-refractivity contribution in [1.82, 2.24) is 19.7 Å². The summed E-state index contributed by atoms with van der Waals surface area (Å²) in [6.45, 7) is 0. The largest absolute Gasteiger partial charge is 0.324 e. The second-order valence-corrected chi connectivity index (χ2v) is 6.31. The third-order valence-electron chi connectivity index (χ3n) is 3.27. The van der Waals surface area contributed by atoms with Gasteiger partial charge in [0, 0.05) is 19.2 Å². The normalized spacial score (nSPS) is 10.8. The number of carbonyl (C=O) groups is 1. The minimum Gasteiger partial charge on any atom is -0.324 e. The molecular formula is C14H11ClN6O3S. The number of anilines is 1. The molecule has 2 aromatic heterocycles. The van der Waals surface area contributed by atoms with Crippen molar-refractivity contribution in [2.45, 2.75) is 5.03 Å². The molecule has 0 saturated heterocycles. The maximum atomic E-state index is 12.1. The molecule has 3 aromatic rings. The van der Waals surface area contributed by atoms with E-state index in [2.05, 4.69) is 20.4 Å². The van der Waals surface area contributed by atoms with Gasteiger partial charge >= 0.3 is 0 Å². The van der Waals surface area contributed by atoms with Gasteiger partial charge in [-0.25, -0.2) is 9.97 Å². The van der Waals surface area contributed by atoms with E-state index >= 15 is 0 Å². The summed E-state index contributed by atoms with van der Waals surface area (Å²) in [7, 11) is 1.77. The van der Waals surface area contributed by atoms with Gasteiger partial charge < -0.3 is 5.32 Å². The van der Waals surface area contributed by atoms with Crippen molar-refractivity contribution < 1.29 is 9.72 Å². The summed E-state index contributed by atoms with van der Waals surface area (Å²) in [5.41, 5.74) is 0.848. The minimum atomic E-state index is -0.554. The van der Waals surface area contributed by atoms with Crippen LogP contribution >= 0.6 is 23.4 Å². The van der Waals surface area contributed by atoms with Crippen LogP contribution in [0.25, 0.3) is 11.0 Å². The summed E-state index contributed by atoms with van der Waals surface area (Å²) in [5.74, 6) is -0.217. The number of benzene rings is 1. The number of carbonyl (C=O) groups excluding carboxylic acids is 1. The summed E-state index contributed by atoms with van der Waals surface area (Å²) < 4.78 is 1.62. The number of fused-ring (bicyclic) bond motifs is 1. The lowest BCUT2D eigenvalue weighted by molar-refractivity contribution is -0.384. The predicted octanol–water partition coefficient (Wildman–Crippen LogP) is 2.66. The van der Waals surface area contributed by atoms with Crippen LogP contribution in [0.2, 0.25) is 5.02 Å². The molecule has 1 N–H and O–H groups in total. The Morgan fingerprint density at radius 2 is 2.24 bits per heavy atom. The highest BCUT2D eigenvalue weighted by Crippen LogP contribution is 2.28. The van der Waals surface area contributed by atoms with E-state index < -0.39 is 4.92 Å². The molecule has 11 heteroatoms. The van der Waals surface area contributed by atoms with Crippen molar-refractivity contribution in [1.29, 1.82) is 0 Å². The first-order valence-electron chi connectivity index (χ1n) is 6.95. The SMILES string of the molecule is Cn1ncc2c(SCC(=O)Nc3ccc([N+](=O)[O-])cc3Cl)ncnc21. The van der Waals surface area contributed by atoms with Crippen LogP contribution in [-0.4, -0.2) is 36.3 Å². The lowest BCUT2D eigenvalue weighted by atomic mass is 10.3. The van der Waals surface area contributed by atoms with Crippen molar-refractivity contribution in [3.05, 3.63) is 45.9 Å². The van der Waals surface area contributed by atoms with Gasteiger partial charge in [-0.2, -0.15) is 5.10 Å². The van der Waals surface area contributed by atoms with Gasteiger partial charge in [-0.15, -0.1) is 0 Å². The van der Waals surface area contributed by atoms with E-state index in [1.165, 1.54) is 36.3 Å². The van der Waals surface area contributed by atoms with Gasteiger partial charge in [0.25, 0.3) is 5.69 Å². The first kappa shape index (κ1) is 17.1. The fraction of sp³-hybridized carbons (Fsp3) is 0.143. The van der Waals surface area contributed by atoms with Gasteiger partial charge in [-0.05, 0) is 6.07 Å². The number of amides is 1. The van der Waals surface area contributed by atoms with Gasteiger partial charge in [0.15, 0.2) is 5.65 Å². The molecule has 0 saturated carbocycles. The van der Waals surface area contributed by atoms with Crippen LogP contribution in [0.1, 0.15) is 0 Å². The number of nitrogens with zero attached hydrogens (tertiary/aromatic N) is 5. The standard InChI is InChI=1S/C14H11ClN6O3S/c1-20-13-9(5-18-20)14(17-7-16-13)25-6-12(22)19-11-3-2-8(21(23)24)4-10(11)15/h2-5,7H,6H2,1H3,(H,19,22). The van der Waals surface area contributed by atoms with Crippen LogP contribution in [0, 0.1) is 10.1 Å². The van der Waals surface area contributed by atoms with Crippen LogP contribution in [-0.2, 0) is 11.8 Å². The van der Waals surface area contributed by atoms with Crippen LogP contribution < -0.4 is 5.32 Å². The highest BCUT2D eigenvalue weighted by Gasteiger charge is 2.13. The number of thioether (sulfide) groups is 1. The molecule has 1 amide bonds. The first-order valence-corrected chi connectivity index (χ1v) is 8.31. The van der Waals surface area contributed by atoms with Crippen molar-refractivity contribution in [3.8, 4) is 0 Å².